The van der Waals surface area contributed by atoms with E-state index in [1.165, 1.54) is 11.3 Å². The molecule has 108 valence electrons. The lowest BCUT2D eigenvalue weighted by molar-refractivity contribution is 0.0960. The fraction of sp³-hybridized carbons (Fsp3) is 0.583. The molecule has 19 heavy (non-hydrogen) atoms. The van der Waals surface area contributed by atoms with E-state index in [1.807, 2.05) is 20.1 Å². The minimum atomic E-state index is -0.113. The zero-order valence-electron chi connectivity index (χ0n) is 11.5. The molecule has 0 fully saturated rings. The van der Waals surface area contributed by atoms with Crippen molar-refractivity contribution in [2.24, 2.45) is 0 Å². The molecule has 0 radical (unpaired) electrons. The lowest BCUT2D eigenvalue weighted by atomic mass is 10.3. The van der Waals surface area contributed by atoms with Crippen LogP contribution in [-0.4, -0.2) is 38.5 Å². The van der Waals surface area contributed by atoms with Crippen LogP contribution >= 0.6 is 23.1 Å². The van der Waals surface area contributed by atoms with E-state index in [-0.39, 0.29) is 5.91 Å². The standard InChI is InChI=1S/C12H21N3O2S2/c1-4-14-11(16)9-8(13)10(18-3)12(19-9)15-6-7-17-5-2/h15H,4-7,13H2,1-3H3,(H,14,16). The van der Waals surface area contributed by atoms with E-state index < -0.39 is 0 Å². The number of rotatable bonds is 8. The average molecular weight is 303 g/mol. The van der Waals surface area contributed by atoms with Crippen molar-refractivity contribution in [1.82, 2.24) is 5.32 Å². The highest BCUT2D eigenvalue weighted by Gasteiger charge is 2.19. The number of amides is 1. The van der Waals surface area contributed by atoms with Crippen molar-refractivity contribution in [3.8, 4) is 0 Å². The summed E-state index contributed by atoms with van der Waals surface area (Å²) in [5, 5.41) is 6.98. The van der Waals surface area contributed by atoms with Gasteiger partial charge >= 0.3 is 0 Å². The Hall–Kier alpha value is -0.920. The number of anilines is 2. The van der Waals surface area contributed by atoms with E-state index in [0.717, 1.165) is 9.90 Å². The second kappa shape index (κ2) is 8.29. The lowest BCUT2D eigenvalue weighted by Crippen LogP contribution is -2.22. The number of hydrogen-bond donors (Lipinski definition) is 3. The Labute approximate surface area is 122 Å². The molecule has 0 aliphatic heterocycles. The van der Waals surface area contributed by atoms with E-state index in [2.05, 4.69) is 10.6 Å². The molecule has 1 rings (SSSR count). The third-order valence-corrected chi connectivity index (χ3v) is 4.51. The van der Waals surface area contributed by atoms with Gasteiger partial charge in [-0.3, -0.25) is 4.79 Å². The first-order valence-corrected chi connectivity index (χ1v) is 8.25. The highest BCUT2D eigenvalue weighted by molar-refractivity contribution is 7.99. The second-order valence-corrected chi connectivity index (χ2v) is 5.53. The minimum Gasteiger partial charge on any atom is -0.396 e. The molecule has 1 amide bonds. The largest absolute Gasteiger partial charge is 0.396 e. The predicted molar refractivity (Wildman–Crippen MR) is 83.5 cm³/mol. The Balaban J connectivity index is 2.80. The molecule has 0 bridgehead atoms. The van der Waals surface area contributed by atoms with Gasteiger partial charge in [0.1, 0.15) is 9.88 Å². The first kappa shape index (κ1) is 16.1. The number of nitrogen functional groups attached to an aromatic ring is 1. The van der Waals surface area contributed by atoms with Gasteiger partial charge in [0, 0.05) is 19.7 Å². The highest BCUT2D eigenvalue weighted by atomic mass is 32.2. The lowest BCUT2D eigenvalue weighted by Gasteiger charge is -2.05. The summed E-state index contributed by atoms with van der Waals surface area (Å²) in [7, 11) is 0. The summed E-state index contributed by atoms with van der Waals surface area (Å²) in [4.78, 5) is 13.4. The second-order valence-electron chi connectivity index (χ2n) is 3.69. The number of carbonyl (C=O) groups excluding carboxylic acids is 1. The van der Waals surface area contributed by atoms with Crippen LogP contribution in [0.2, 0.25) is 0 Å². The van der Waals surface area contributed by atoms with Crippen LogP contribution in [0.4, 0.5) is 10.7 Å². The van der Waals surface area contributed by atoms with Crippen LogP contribution in [0.3, 0.4) is 0 Å². The molecule has 0 saturated carbocycles. The van der Waals surface area contributed by atoms with E-state index in [0.29, 0.717) is 36.9 Å². The molecule has 1 heterocycles. The maximum absolute atomic E-state index is 11.9. The van der Waals surface area contributed by atoms with Crippen LogP contribution in [0, 0.1) is 0 Å². The fourth-order valence-corrected chi connectivity index (χ4v) is 3.52. The van der Waals surface area contributed by atoms with Crippen LogP contribution in [0.15, 0.2) is 4.90 Å². The third-order valence-electron chi connectivity index (χ3n) is 2.38. The molecule has 0 atom stereocenters. The monoisotopic (exact) mass is 303 g/mol. The number of ether oxygens (including phenoxy) is 1. The van der Waals surface area contributed by atoms with Crippen LogP contribution in [-0.2, 0) is 4.74 Å². The van der Waals surface area contributed by atoms with Crippen molar-refractivity contribution in [1.29, 1.82) is 0 Å². The van der Waals surface area contributed by atoms with Crippen LogP contribution in [0.25, 0.3) is 0 Å². The Bertz CT molecular complexity index is 421. The van der Waals surface area contributed by atoms with Gasteiger partial charge in [-0.05, 0) is 20.1 Å². The van der Waals surface area contributed by atoms with Crippen molar-refractivity contribution in [3.63, 3.8) is 0 Å². The summed E-state index contributed by atoms with van der Waals surface area (Å²) in [5.41, 5.74) is 6.59. The maximum Gasteiger partial charge on any atom is 0.263 e. The van der Waals surface area contributed by atoms with Gasteiger partial charge in [-0.1, -0.05) is 0 Å². The average Bonchev–Trinajstić information content (AvgIpc) is 2.71. The van der Waals surface area contributed by atoms with Gasteiger partial charge in [0.2, 0.25) is 0 Å². The predicted octanol–water partition coefficient (Wildman–Crippen LogP) is 2.25. The maximum atomic E-state index is 11.9. The number of nitrogens with two attached hydrogens (primary N) is 1. The topological polar surface area (TPSA) is 76.4 Å². The van der Waals surface area contributed by atoms with Gasteiger partial charge in [-0.2, -0.15) is 0 Å². The van der Waals surface area contributed by atoms with Gasteiger partial charge in [0.15, 0.2) is 0 Å². The van der Waals surface area contributed by atoms with Gasteiger partial charge in [-0.15, -0.1) is 23.1 Å². The Morgan fingerprint density at radius 2 is 2.21 bits per heavy atom. The molecule has 0 aromatic carbocycles. The summed E-state index contributed by atoms with van der Waals surface area (Å²) < 4.78 is 5.28. The highest BCUT2D eigenvalue weighted by Crippen LogP contribution is 2.41. The molecule has 4 N–H and O–H groups in total. The van der Waals surface area contributed by atoms with Gasteiger partial charge in [0.05, 0.1) is 17.2 Å². The van der Waals surface area contributed by atoms with Crippen LogP contribution in [0.1, 0.15) is 23.5 Å². The van der Waals surface area contributed by atoms with E-state index in [1.54, 1.807) is 11.8 Å². The minimum absolute atomic E-state index is 0.113. The van der Waals surface area contributed by atoms with Gasteiger partial charge < -0.3 is 21.1 Å². The normalized spacial score (nSPS) is 10.5. The quantitative estimate of drug-likeness (QED) is 0.507. The fourth-order valence-electron chi connectivity index (χ4n) is 1.54. The summed E-state index contributed by atoms with van der Waals surface area (Å²) >= 11 is 2.94. The van der Waals surface area contributed by atoms with Crippen molar-refractivity contribution < 1.29 is 9.53 Å². The van der Waals surface area contributed by atoms with E-state index in [4.69, 9.17) is 10.5 Å². The molecule has 0 aliphatic rings. The van der Waals surface area contributed by atoms with E-state index in [9.17, 15) is 4.79 Å². The zero-order chi connectivity index (χ0) is 14.3. The van der Waals surface area contributed by atoms with Crippen molar-refractivity contribution >= 4 is 39.7 Å². The number of nitrogens with one attached hydrogen (secondary N) is 2. The molecular formula is C12H21N3O2S2. The third kappa shape index (κ3) is 4.29. The van der Waals surface area contributed by atoms with Crippen molar-refractivity contribution in [2.45, 2.75) is 18.7 Å². The number of thioether (sulfide) groups is 1. The summed E-state index contributed by atoms with van der Waals surface area (Å²) in [6.45, 7) is 6.49. The molecule has 0 saturated heterocycles. The van der Waals surface area contributed by atoms with Crippen molar-refractivity contribution in [3.05, 3.63) is 4.88 Å². The van der Waals surface area contributed by atoms with Gasteiger partial charge in [0.25, 0.3) is 5.91 Å². The number of carbonyl (C=O) groups is 1. The first-order valence-electron chi connectivity index (χ1n) is 6.21. The first-order chi connectivity index (χ1) is 9.15. The summed E-state index contributed by atoms with van der Waals surface area (Å²) in [6, 6.07) is 0. The smallest absolute Gasteiger partial charge is 0.263 e. The Morgan fingerprint density at radius 1 is 1.47 bits per heavy atom. The molecule has 1 aromatic heterocycles. The molecule has 1 aromatic rings. The van der Waals surface area contributed by atoms with Crippen molar-refractivity contribution in [2.75, 3.05) is 43.6 Å². The molecular weight excluding hydrogens is 282 g/mol. The molecule has 0 spiro atoms. The molecule has 0 aliphatic carbocycles. The summed E-state index contributed by atoms with van der Waals surface area (Å²) in [5.74, 6) is -0.113. The number of hydrogen-bond acceptors (Lipinski definition) is 6. The Kier molecular flexibility index (Phi) is 7.04. The molecule has 7 heteroatoms. The SMILES string of the molecule is CCNC(=O)c1sc(NCCOCC)c(SC)c1N. The molecule has 5 nitrogen and oxygen atoms in total. The van der Waals surface area contributed by atoms with Crippen LogP contribution in [0.5, 0.6) is 0 Å². The van der Waals surface area contributed by atoms with E-state index >= 15 is 0 Å². The molecule has 0 unspecified atom stereocenters. The van der Waals surface area contributed by atoms with Crippen LogP contribution < -0.4 is 16.4 Å². The summed E-state index contributed by atoms with van der Waals surface area (Å²) in [6.07, 6.45) is 1.95. The Morgan fingerprint density at radius 3 is 2.79 bits per heavy atom. The zero-order valence-corrected chi connectivity index (χ0v) is 13.2. The number of thiophene rings is 1. The van der Waals surface area contributed by atoms with Gasteiger partial charge in [-0.25, -0.2) is 0 Å².